The molecule has 11 heteroatoms. The molecule has 1 atom stereocenters. The molecule has 0 aromatic carbocycles. The zero-order chi connectivity index (χ0) is 19.3. The van der Waals surface area contributed by atoms with Crippen LogP contribution in [0.25, 0.3) is 0 Å². The Hall–Kier alpha value is 6.58. The number of hydrogen-bond acceptors (Lipinski definition) is 5. The number of nitrogens with one attached hydrogen (secondary N) is 2. The van der Waals surface area contributed by atoms with Gasteiger partial charge in [-0.2, -0.15) is 6.41 Å². The maximum Gasteiger partial charge on any atom is 1.00 e. The molecule has 0 spiro atoms. The molecule has 0 aromatic rings. The fourth-order valence-electron chi connectivity index (χ4n) is 2.14. The molecule has 172 valence electrons. The molecule has 2 rings (SSSR count). The largest absolute Gasteiger partial charge is 1.00 e. The number of hydrogen-bond donors (Lipinski definition) is 3. The van der Waals surface area contributed by atoms with Crippen LogP contribution in [0.2, 0.25) is 0 Å². The zero-order valence-corrected chi connectivity index (χ0v) is 47.6. The van der Waals surface area contributed by atoms with Gasteiger partial charge in [-0.15, -0.1) is 6.54 Å². The van der Waals surface area contributed by atoms with Gasteiger partial charge < -0.3 is 62.0 Å². The van der Waals surface area contributed by atoms with Crippen LogP contribution in [0.15, 0.2) is 0 Å². The second kappa shape index (κ2) is 53.8. The third kappa shape index (κ3) is 52.9. The van der Waals surface area contributed by atoms with Crippen LogP contribution in [0, 0.1) is 36.1 Å². The van der Waals surface area contributed by atoms with E-state index in [9.17, 15) is 9.59 Å². The smallest absolute Gasteiger partial charge is 0.555 e. The predicted molar refractivity (Wildman–Crippen MR) is 118 cm³/mol. The molecule has 32 heavy (non-hydrogen) atoms. The number of amides is 2. The molecule has 0 bridgehead atoms. The minimum atomic E-state index is -0.269. The summed E-state index contributed by atoms with van der Waals surface area (Å²) in [4.78, 5) is 29.4. The quantitative estimate of drug-likeness (QED) is 0.148. The van der Waals surface area contributed by atoms with E-state index < -0.39 is 0 Å². The van der Waals surface area contributed by atoms with E-state index in [1.165, 1.54) is 52.0 Å². The molecule has 0 unspecified atom stereocenters. The first-order valence-electron chi connectivity index (χ1n) is 8.81. The Kier molecular flexibility index (Phi) is 105. The van der Waals surface area contributed by atoms with Gasteiger partial charge in [-0.25, -0.2) is 0 Å². The summed E-state index contributed by atoms with van der Waals surface area (Å²) < 4.78 is 4.20. The van der Waals surface area contributed by atoms with Gasteiger partial charge in [-0.1, -0.05) is 44.9 Å². The van der Waals surface area contributed by atoms with Crippen molar-refractivity contribution in [1.29, 1.82) is 0 Å². The molecular weight excluding hydrogens is 890 g/mol. The van der Waals surface area contributed by atoms with Gasteiger partial charge >= 0.3 is 276 Å². The van der Waals surface area contributed by atoms with Crippen LogP contribution >= 0.6 is 0 Å². The van der Waals surface area contributed by atoms with Crippen molar-refractivity contribution < 1.29 is 295 Å². The third-order valence-corrected chi connectivity index (χ3v) is 3.53. The summed E-state index contributed by atoms with van der Waals surface area (Å²) in [7, 11) is 1.34. The Balaban J connectivity index is -0.0000000297. The van der Waals surface area contributed by atoms with Crippen molar-refractivity contribution in [3.63, 3.8) is 0 Å². The number of ether oxygens (including phenoxy) is 1. The van der Waals surface area contributed by atoms with Crippen molar-refractivity contribution in [3.8, 4) is 0 Å². The van der Waals surface area contributed by atoms with Crippen LogP contribution in [-0.4, -0.2) is 44.5 Å². The first-order valence-corrected chi connectivity index (χ1v) is 8.81. The Morgan fingerprint density at radius 2 is 1.38 bits per heavy atom. The van der Waals surface area contributed by atoms with Gasteiger partial charge in [0.1, 0.15) is 0 Å². The van der Waals surface area contributed by atoms with E-state index in [0.717, 1.165) is 19.4 Å². The standard InChI is InChI=1S/C6H12.C5H10N2O.C4H7O2.C3H5NO.3CH3.4Cs/c1-2-4-6-5-3-1;6-5(8)4-2-1-3-7-4;1-3-4(5)6-2;1-2-4-3-5;;;;;;;/h1-6H2;4,7H,1-3H2,(H2,6,8);1,3H2,2H3;1-2H2,(H,4,5);3*1H3;;;;/q;;-1;-2;3*-1;4*+1/t;4-;;;;;;;;;/m.0........./s1. The summed E-state index contributed by atoms with van der Waals surface area (Å²) in [5.41, 5.74) is 5.00. The Morgan fingerprint density at radius 3 is 1.47 bits per heavy atom. The number of carbonyl (C=O) groups excluding carboxylic acids is 3. The molecule has 0 radical (unpaired) electrons. The van der Waals surface area contributed by atoms with Gasteiger partial charge in [0.15, 0.2) is 0 Å². The van der Waals surface area contributed by atoms with Crippen LogP contribution < -0.4 is 292 Å². The second-order valence-corrected chi connectivity index (χ2v) is 5.53. The number of primary amides is 1. The normalized spacial score (nSPS) is 14.0. The van der Waals surface area contributed by atoms with E-state index in [4.69, 9.17) is 10.5 Å². The van der Waals surface area contributed by atoms with Gasteiger partial charge in [0.05, 0.1) is 13.2 Å². The molecule has 7 nitrogen and oxygen atoms in total. The van der Waals surface area contributed by atoms with Gasteiger partial charge in [0.2, 0.25) is 5.91 Å². The zero-order valence-electron chi connectivity index (χ0n) is 22.5. The van der Waals surface area contributed by atoms with Crippen molar-refractivity contribution in [2.45, 2.75) is 63.8 Å². The summed E-state index contributed by atoms with van der Waals surface area (Å²) in [5, 5.41) is 5.18. The maximum atomic E-state index is 10.4. The number of carbonyl (C=O) groups is 2. The molecule has 1 aliphatic carbocycles. The number of methoxy groups -OCH3 is 1. The second-order valence-electron chi connectivity index (χ2n) is 5.53. The van der Waals surface area contributed by atoms with Crippen LogP contribution in [-0.2, 0) is 19.1 Å². The van der Waals surface area contributed by atoms with E-state index in [1.807, 2.05) is 0 Å². The number of nitrogens with two attached hydrogens (primary N) is 1. The summed E-state index contributed by atoms with van der Waals surface area (Å²) >= 11 is 0. The molecule has 1 heterocycles. The molecule has 2 amide bonds. The average Bonchev–Trinajstić information content (AvgIpc) is 3.20. The minimum absolute atomic E-state index is 0. The van der Waals surface area contributed by atoms with E-state index in [2.05, 4.69) is 29.2 Å². The summed E-state index contributed by atoms with van der Waals surface area (Å²) in [6, 6.07) is -0.0463. The molecule has 2 aliphatic rings. The Bertz CT molecular complexity index is 329. The van der Waals surface area contributed by atoms with Gasteiger partial charge in [-0.05, 0) is 19.4 Å². The summed E-state index contributed by atoms with van der Waals surface area (Å²) in [5.74, 6) is -0.488. The van der Waals surface area contributed by atoms with Crippen molar-refractivity contribution in [1.82, 2.24) is 10.6 Å². The molecule has 1 aliphatic heterocycles. The topological polar surface area (TPSA) is 111 Å². The van der Waals surface area contributed by atoms with Crippen molar-refractivity contribution in [2.24, 2.45) is 5.73 Å². The minimum Gasteiger partial charge on any atom is -0.555 e. The Labute approximate surface area is 435 Å². The molecule has 4 N–H and O–H groups in total. The van der Waals surface area contributed by atoms with Crippen molar-refractivity contribution in [2.75, 3.05) is 20.2 Å². The number of esters is 1. The Morgan fingerprint density at radius 1 is 0.969 bits per heavy atom. The summed E-state index contributed by atoms with van der Waals surface area (Å²) in [6.45, 7) is 7.94. The van der Waals surface area contributed by atoms with Crippen LogP contribution in [0.3, 0.4) is 0 Å². The first kappa shape index (κ1) is 62.3. The van der Waals surface area contributed by atoms with Crippen molar-refractivity contribution >= 4 is 18.3 Å². The molecule has 0 aromatic heterocycles. The fraction of sp³-hybridized carbons (Fsp3) is 0.619. The first-order chi connectivity index (χ1) is 12.0. The van der Waals surface area contributed by atoms with Crippen molar-refractivity contribution in [3.05, 3.63) is 36.1 Å². The predicted octanol–water partition coefficient (Wildman–Crippen LogP) is -9.21. The molecule has 1 saturated carbocycles. The van der Waals surface area contributed by atoms with Crippen LogP contribution in [0.5, 0.6) is 0 Å². The monoisotopic (exact) mass is 933 g/mol. The third-order valence-electron chi connectivity index (χ3n) is 3.53. The van der Waals surface area contributed by atoms with E-state index in [0.29, 0.717) is 6.54 Å². The molecule has 1 saturated heterocycles. The number of rotatable bonds is 4. The SMILES string of the molecule is C1CCCCC1.NC(=O)[C@@H]1CCCN1.[CH2-]CC(=O)OC.[CH2-]CN[C-]=O.[CH3-].[CH3-].[CH3-].[Cs+].[Cs+].[Cs+].[Cs+]. The van der Waals surface area contributed by atoms with Crippen LogP contribution in [0.4, 0.5) is 0 Å². The van der Waals surface area contributed by atoms with E-state index in [-0.39, 0.29) is 322 Å². The van der Waals surface area contributed by atoms with Crippen LogP contribution in [0.1, 0.15) is 57.8 Å². The van der Waals surface area contributed by atoms with E-state index in [1.54, 1.807) is 0 Å². The van der Waals surface area contributed by atoms with Gasteiger partial charge in [0.25, 0.3) is 5.97 Å². The van der Waals surface area contributed by atoms with E-state index >= 15 is 0 Å². The molecule has 2 fully saturated rings. The maximum absolute atomic E-state index is 10.4. The fourth-order valence-corrected chi connectivity index (χ4v) is 2.14. The van der Waals surface area contributed by atoms with Gasteiger partial charge in [0, 0.05) is 0 Å². The molecular formula is C21H43Cs4N3O4-2. The average molecular weight is 933 g/mol. The summed E-state index contributed by atoms with van der Waals surface area (Å²) in [6.07, 6.45) is 12.7. The van der Waals surface area contributed by atoms with Gasteiger partial charge in [-0.3, -0.25) is 9.59 Å².